The van der Waals surface area contributed by atoms with Gasteiger partial charge in [0.2, 0.25) is 0 Å². The van der Waals surface area contributed by atoms with Gasteiger partial charge in [-0.2, -0.15) is 13.2 Å². The third-order valence-corrected chi connectivity index (χ3v) is 4.59. The van der Waals surface area contributed by atoms with Gasteiger partial charge in [-0.3, -0.25) is 0 Å². The molecule has 0 amide bonds. The summed E-state index contributed by atoms with van der Waals surface area (Å²) in [5.74, 6) is 0.394. The molecule has 118 valence electrons. The van der Waals surface area contributed by atoms with Crippen molar-refractivity contribution in [2.75, 3.05) is 18.0 Å². The van der Waals surface area contributed by atoms with Crippen LogP contribution in [0.2, 0.25) is 0 Å². The monoisotopic (exact) mass is 301 g/mol. The maximum absolute atomic E-state index is 12.8. The highest BCUT2D eigenvalue weighted by Gasteiger charge is 2.35. The fourth-order valence-corrected chi connectivity index (χ4v) is 2.68. The number of pyridine rings is 1. The van der Waals surface area contributed by atoms with Crippen LogP contribution in [0.15, 0.2) is 12.1 Å². The number of aromatic nitrogens is 1. The Bertz CT molecular complexity index is 491. The smallest absolute Gasteiger partial charge is 0.356 e. The number of halogens is 3. The topological polar surface area (TPSA) is 42.2 Å². The van der Waals surface area contributed by atoms with Crippen LogP contribution in [-0.2, 0) is 12.7 Å². The molecule has 0 unspecified atom stereocenters. The Balaban J connectivity index is 2.26. The molecule has 2 rings (SSSR count). The fraction of sp³-hybridized carbons (Fsp3) is 0.667. The zero-order chi connectivity index (χ0) is 15.7. The van der Waals surface area contributed by atoms with E-state index in [9.17, 15) is 13.2 Å². The number of nitrogens with zero attached hydrogens (tertiary/aromatic N) is 2. The summed E-state index contributed by atoms with van der Waals surface area (Å²) in [5.41, 5.74) is 5.75. The van der Waals surface area contributed by atoms with E-state index in [1.165, 1.54) is 6.07 Å². The summed E-state index contributed by atoms with van der Waals surface area (Å²) in [7, 11) is 0. The van der Waals surface area contributed by atoms with E-state index < -0.39 is 11.9 Å². The molecule has 1 saturated heterocycles. The lowest BCUT2D eigenvalue weighted by atomic mass is 9.78. The van der Waals surface area contributed by atoms with Crippen molar-refractivity contribution in [2.45, 2.75) is 45.8 Å². The van der Waals surface area contributed by atoms with Gasteiger partial charge in [-0.15, -0.1) is 0 Å². The van der Waals surface area contributed by atoms with E-state index in [2.05, 4.69) is 18.8 Å². The van der Waals surface area contributed by atoms with Crippen LogP contribution in [0.3, 0.4) is 0 Å². The van der Waals surface area contributed by atoms with Gasteiger partial charge in [-0.1, -0.05) is 26.3 Å². The molecule has 0 spiro atoms. The van der Waals surface area contributed by atoms with Crippen LogP contribution in [0.25, 0.3) is 0 Å². The summed E-state index contributed by atoms with van der Waals surface area (Å²) >= 11 is 0. The Morgan fingerprint density at radius 3 is 2.38 bits per heavy atom. The van der Waals surface area contributed by atoms with Crippen molar-refractivity contribution < 1.29 is 13.2 Å². The van der Waals surface area contributed by atoms with Gasteiger partial charge in [0.1, 0.15) is 11.5 Å². The van der Waals surface area contributed by atoms with Crippen molar-refractivity contribution >= 4 is 5.82 Å². The molecule has 21 heavy (non-hydrogen) atoms. The second-order valence-electron chi connectivity index (χ2n) is 6.03. The van der Waals surface area contributed by atoms with Gasteiger partial charge in [-0.05, 0) is 24.3 Å². The quantitative estimate of drug-likeness (QED) is 0.928. The maximum Gasteiger partial charge on any atom is 0.433 e. The summed E-state index contributed by atoms with van der Waals surface area (Å²) in [4.78, 5) is 5.77. The predicted molar refractivity (Wildman–Crippen MR) is 77.0 cm³/mol. The lowest BCUT2D eigenvalue weighted by Crippen LogP contribution is -2.39. The molecule has 2 heterocycles. The van der Waals surface area contributed by atoms with Crippen LogP contribution >= 0.6 is 0 Å². The van der Waals surface area contributed by atoms with Crippen LogP contribution in [-0.4, -0.2) is 18.1 Å². The Morgan fingerprint density at radius 2 is 1.90 bits per heavy atom. The van der Waals surface area contributed by atoms with E-state index in [0.717, 1.165) is 38.4 Å². The predicted octanol–water partition coefficient (Wildman–Crippen LogP) is 3.58. The number of hydrogen-bond acceptors (Lipinski definition) is 3. The van der Waals surface area contributed by atoms with Gasteiger partial charge in [0, 0.05) is 25.2 Å². The fourth-order valence-electron chi connectivity index (χ4n) is 2.68. The molecule has 6 heteroatoms. The highest BCUT2D eigenvalue weighted by molar-refractivity contribution is 5.48. The van der Waals surface area contributed by atoms with Crippen molar-refractivity contribution in [1.29, 1.82) is 0 Å². The van der Waals surface area contributed by atoms with Crippen LogP contribution in [0.4, 0.5) is 19.0 Å². The van der Waals surface area contributed by atoms with Crippen molar-refractivity contribution in [3.05, 3.63) is 23.4 Å². The van der Waals surface area contributed by atoms with E-state index in [4.69, 9.17) is 5.73 Å². The normalized spacial score (nSPS) is 18.9. The van der Waals surface area contributed by atoms with E-state index in [0.29, 0.717) is 11.4 Å². The van der Waals surface area contributed by atoms with Crippen molar-refractivity contribution in [3.8, 4) is 0 Å². The Morgan fingerprint density at radius 1 is 1.29 bits per heavy atom. The van der Waals surface area contributed by atoms with Crippen molar-refractivity contribution in [2.24, 2.45) is 11.1 Å². The molecule has 1 aliphatic rings. The first-order chi connectivity index (χ1) is 9.79. The second kappa shape index (κ2) is 5.83. The average molecular weight is 301 g/mol. The number of hydrogen-bond donors (Lipinski definition) is 1. The molecule has 0 atom stereocenters. The number of anilines is 1. The minimum atomic E-state index is -4.42. The van der Waals surface area contributed by atoms with Gasteiger partial charge < -0.3 is 10.6 Å². The molecule has 0 radical (unpaired) electrons. The zero-order valence-electron chi connectivity index (χ0n) is 12.5. The van der Waals surface area contributed by atoms with Crippen LogP contribution in [0.5, 0.6) is 0 Å². The molecular weight excluding hydrogens is 279 g/mol. The van der Waals surface area contributed by atoms with Crippen molar-refractivity contribution in [1.82, 2.24) is 4.98 Å². The number of piperidine rings is 1. The van der Waals surface area contributed by atoms with Crippen molar-refractivity contribution in [3.63, 3.8) is 0 Å². The summed E-state index contributed by atoms with van der Waals surface area (Å²) in [5, 5.41) is 0. The van der Waals surface area contributed by atoms with E-state index in [1.54, 1.807) is 0 Å². The minimum absolute atomic E-state index is 0.196. The molecule has 1 fully saturated rings. The highest BCUT2D eigenvalue weighted by Crippen LogP contribution is 2.37. The largest absolute Gasteiger partial charge is 0.433 e. The second-order valence-corrected chi connectivity index (χ2v) is 6.03. The zero-order valence-corrected chi connectivity index (χ0v) is 12.5. The molecule has 1 aromatic heterocycles. The first kappa shape index (κ1) is 16.1. The first-order valence-electron chi connectivity index (χ1n) is 7.31. The standard InChI is InChI=1S/C15H22F3N3/c1-3-14(2)6-8-21(9-7-14)13-11(10-19)4-5-12(20-13)15(16,17)18/h4-5H,3,6-10,19H2,1-2H3. The number of rotatable bonds is 3. The molecule has 1 aromatic rings. The van der Waals surface area contributed by atoms with Gasteiger partial charge >= 0.3 is 6.18 Å². The molecular formula is C15H22F3N3. The molecule has 1 aliphatic heterocycles. The van der Waals surface area contributed by atoms with Gasteiger partial charge in [0.15, 0.2) is 0 Å². The molecule has 3 nitrogen and oxygen atoms in total. The first-order valence-corrected chi connectivity index (χ1v) is 7.31. The Kier molecular flexibility index (Phi) is 4.46. The minimum Gasteiger partial charge on any atom is -0.356 e. The molecule has 2 N–H and O–H groups in total. The van der Waals surface area contributed by atoms with Crippen LogP contribution < -0.4 is 10.6 Å². The van der Waals surface area contributed by atoms with E-state index in [-0.39, 0.29) is 12.0 Å². The molecule has 0 aliphatic carbocycles. The molecule has 0 saturated carbocycles. The Labute approximate surface area is 123 Å². The van der Waals surface area contributed by atoms with Gasteiger partial charge in [0.05, 0.1) is 0 Å². The third kappa shape index (κ3) is 3.48. The SMILES string of the molecule is CCC1(C)CCN(c2nc(C(F)(F)F)ccc2CN)CC1. The summed E-state index contributed by atoms with van der Waals surface area (Å²) in [6.45, 7) is 6.04. The van der Waals surface area contributed by atoms with Crippen LogP contribution in [0.1, 0.15) is 44.4 Å². The summed E-state index contributed by atoms with van der Waals surface area (Å²) < 4.78 is 38.5. The summed E-state index contributed by atoms with van der Waals surface area (Å²) in [6.07, 6.45) is -1.41. The van der Waals surface area contributed by atoms with Gasteiger partial charge in [0.25, 0.3) is 0 Å². The average Bonchev–Trinajstić information content (AvgIpc) is 2.46. The number of nitrogens with two attached hydrogens (primary N) is 1. The lowest BCUT2D eigenvalue weighted by molar-refractivity contribution is -0.141. The Hall–Kier alpha value is -1.30. The van der Waals surface area contributed by atoms with Gasteiger partial charge in [-0.25, -0.2) is 4.98 Å². The van der Waals surface area contributed by atoms with Crippen LogP contribution in [0, 0.1) is 5.41 Å². The highest BCUT2D eigenvalue weighted by atomic mass is 19.4. The van der Waals surface area contributed by atoms with E-state index >= 15 is 0 Å². The maximum atomic E-state index is 12.8. The molecule has 0 bridgehead atoms. The lowest BCUT2D eigenvalue weighted by Gasteiger charge is -2.40. The third-order valence-electron chi connectivity index (χ3n) is 4.59. The summed E-state index contributed by atoms with van der Waals surface area (Å²) in [6, 6.07) is 2.45. The van der Waals surface area contributed by atoms with E-state index in [1.807, 2.05) is 4.90 Å². The number of alkyl halides is 3. The molecule has 0 aromatic carbocycles.